The molecule has 1 aromatic carbocycles. The van der Waals surface area contributed by atoms with Crippen LogP contribution in [0.1, 0.15) is 10.4 Å². The number of aromatic nitrogens is 1. The van der Waals surface area contributed by atoms with Gasteiger partial charge in [-0.15, -0.1) is 0 Å². The second-order valence-corrected chi connectivity index (χ2v) is 4.52. The van der Waals surface area contributed by atoms with Crippen molar-refractivity contribution in [2.24, 2.45) is 0 Å². The first-order valence-electron chi connectivity index (χ1n) is 4.59. The Bertz CT molecular complexity index is 556. The molecule has 1 aromatic heterocycles. The molecule has 82 valence electrons. The predicted molar refractivity (Wildman–Crippen MR) is 64.4 cm³/mol. The number of halogens is 1. The normalized spacial score (nSPS) is 10.3. The molecule has 0 saturated carbocycles. The molecule has 0 aliphatic rings. The van der Waals surface area contributed by atoms with E-state index in [0.717, 1.165) is 11.3 Å². The molecule has 16 heavy (non-hydrogen) atoms. The van der Waals surface area contributed by atoms with Crippen LogP contribution in [-0.4, -0.2) is 10.4 Å². The van der Waals surface area contributed by atoms with Gasteiger partial charge in [-0.05, 0) is 24.3 Å². The van der Waals surface area contributed by atoms with Crippen molar-refractivity contribution in [3.8, 4) is 0 Å². The van der Waals surface area contributed by atoms with Crippen molar-refractivity contribution in [3.63, 3.8) is 0 Å². The van der Waals surface area contributed by atoms with Gasteiger partial charge in [-0.3, -0.25) is 14.2 Å². The van der Waals surface area contributed by atoms with Crippen molar-refractivity contribution in [1.29, 1.82) is 0 Å². The molecule has 0 saturated heterocycles. The van der Waals surface area contributed by atoms with Gasteiger partial charge in [-0.25, -0.2) is 0 Å². The predicted octanol–water partition coefficient (Wildman–Crippen LogP) is 2.45. The van der Waals surface area contributed by atoms with Gasteiger partial charge in [0.05, 0.1) is 6.54 Å². The van der Waals surface area contributed by atoms with Crippen molar-refractivity contribution < 1.29 is 4.79 Å². The van der Waals surface area contributed by atoms with Gasteiger partial charge in [0, 0.05) is 22.2 Å². The molecule has 0 atom stereocenters. The largest absolute Gasteiger partial charge is 0.307 e. The minimum Gasteiger partial charge on any atom is -0.298 e. The van der Waals surface area contributed by atoms with Crippen LogP contribution >= 0.6 is 22.9 Å². The summed E-state index contributed by atoms with van der Waals surface area (Å²) in [5, 5.41) is 2.25. The van der Waals surface area contributed by atoms with Gasteiger partial charge in [0.2, 0.25) is 0 Å². The highest BCUT2D eigenvalue weighted by Crippen LogP contribution is 2.10. The van der Waals surface area contributed by atoms with Crippen molar-refractivity contribution in [1.82, 2.24) is 4.57 Å². The quantitative estimate of drug-likeness (QED) is 0.788. The summed E-state index contributed by atoms with van der Waals surface area (Å²) >= 11 is 6.80. The second-order valence-electron chi connectivity index (χ2n) is 3.23. The number of carbonyl (C=O) groups excluding carboxylic acids is 1. The van der Waals surface area contributed by atoms with Crippen LogP contribution in [0.5, 0.6) is 0 Å². The van der Waals surface area contributed by atoms with Gasteiger partial charge >= 0.3 is 4.87 Å². The summed E-state index contributed by atoms with van der Waals surface area (Å²) < 4.78 is 1.39. The lowest BCUT2D eigenvalue weighted by Crippen LogP contribution is -2.18. The van der Waals surface area contributed by atoms with Crippen LogP contribution in [0.3, 0.4) is 0 Å². The Labute approximate surface area is 101 Å². The molecule has 3 nitrogen and oxygen atoms in total. The van der Waals surface area contributed by atoms with Crippen LogP contribution in [-0.2, 0) is 6.54 Å². The smallest absolute Gasteiger partial charge is 0.298 e. The summed E-state index contributed by atoms with van der Waals surface area (Å²) in [7, 11) is 0. The minimum absolute atomic E-state index is 0.0734. The Hall–Kier alpha value is -1.39. The van der Waals surface area contributed by atoms with E-state index < -0.39 is 0 Å². The van der Waals surface area contributed by atoms with Gasteiger partial charge in [-0.2, -0.15) is 0 Å². The highest BCUT2D eigenvalue weighted by Gasteiger charge is 2.07. The van der Waals surface area contributed by atoms with Crippen LogP contribution in [0.2, 0.25) is 5.02 Å². The summed E-state index contributed by atoms with van der Waals surface area (Å²) in [5.74, 6) is -0.0998. The third-order valence-electron chi connectivity index (χ3n) is 2.12. The molecule has 0 amide bonds. The van der Waals surface area contributed by atoms with Crippen LogP contribution in [0.15, 0.2) is 40.6 Å². The molecule has 0 aliphatic heterocycles. The van der Waals surface area contributed by atoms with E-state index in [2.05, 4.69) is 0 Å². The molecule has 2 aromatic rings. The van der Waals surface area contributed by atoms with Crippen LogP contribution in [0.4, 0.5) is 0 Å². The number of carbonyl (C=O) groups is 1. The van der Waals surface area contributed by atoms with E-state index in [1.165, 1.54) is 4.57 Å². The van der Waals surface area contributed by atoms with Crippen molar-refractivity contribution in [3.05, 3.63) is 56.1 Å². The molecular weight excluding hydrogens is 246 g/mol. The Kier molecular flexibility index (Phi) is 3.22. The van der Waals surface area contributed by atoms with E-state index in [1.807, 2.05) is 0 Å². The fraction of sp³-hybridized carbons (Fsp3) is 0.0909. The molecule has 0 radical (unpaired) electrons. The highest BCUT2D eigenvalue weighted by atomic mass is 35.5. The topological polar surface area (TPSA) is 39.1 Å². The van der Waals surface area contributed by atoms with Crippen LogP contribution < -0.4 is 4.87 Å². The zero-order valence-electron chi connectivity index (χ0n) is 8.22. The molecule has 0 aliphatic carbocycles. The number of hydrogen-bond acceptors (Lipinski definition) is 3. The number of Topliss-reactive ketones (excluding diaryl/α,β-unsaturated/α-hetero) is 1. The first kappa shape index (κ1) is 11.1. The van der Waals surface area contributed by atoms with Gasteiger partial charge in [0.25, 0.3) is 0 Å². The number of ketones is 1. The van der Waals surface area contributed by atoms with Crippen molar-refractivity contribution >= 4 is 28.7 Å². The zero-order chi connectivity index (χ0) is 11.5. The monoisotopic (exact) mass is 253 g/mol. The average molecular weight is 254 g/mol. The van der Waals surface area contributed by atoms with E-state index in [9.17, 15) is 9.59 Å². The number of thiazole rings is 1. The number of rotatable bonds is 3. The summed E-state index contributed by atoms with van der Waals surface area (Å²) in [6.07, 6.45) is 1.61. The summed E-state index contributed by atoms with van der Waals surface area (Å²) in [6, 6.07) is 6.63. The van der Waals surface area contributed by atoms with E-state index >= 15 is 0 Å². The minimum atomic E-state index is -0.123. The van der Waals surface area contributed by atoms with Gasteiger partial charge in [0.1, 0.15) is 0 Å². The van der Waals surface area contributed by atoms with Crippen molar-refractivity contribution in [2.45, 2.75) is 6.54 Å². The number of nitrogens with zero attached hydrogens (tertiary/aromatic N) is 1. The van der Waals surface area contributed by atoms with Crippen molar-refractivity contribution in [2.75, 3.05) is 0 Å². The maximum absolute atomic E-state index is 11.8. The first-order chi connectivity index (χ1) is 7.66. The third kappa shape index (κ3) is 2.40. The molecule has 0 spiro atoms. The van der Waals surface area contributed by atoms with Gasteiger partial charge < -0.3 is 0 Å². The molecule has 0 fully saturated rings. The molecule has 0 N–H and O–H groups in total. The Morgan fingerprint density at radius 3 is 2.56 bits per heavy atom. The Morgan fingerprint density at radius 1 is 1.31 bits per heavy atom. The number of hydrogen-bond donors (Lipinski definition) is 0. The lowest BCUT2D eigenvalue weighted by atomic mass is 10.1. The van der Waals surface area contributed by atoms with Crippen LogP contribution in [0.25, 0.3) is 0 Å². The SMILES string of the molecule is O=C(Cn1ccsc1=O)c1ccc(Cl)cc1. The Morgan fingerprint density at radius 2 is 2.00 bits per heavy atom. The molecule has 2 rings (SSSR count). The van der Waals surface area contributed by atoms with E-state index in [0.29, 0.717) is 10.6 Å². The highest BCUT2D eigenvalue weighted by molar-refractivity contribution is 7.07. The average Bonchev–Trinajstić information content (AvgIpc) is 2.65. The second kappa shape index (κ2) is 4.63. The lowest BCUT2D eigenvalue weighted by Gasteiger charge is -2.01. The fourth-order valence-corrected chi connectivity index (χ4v) is 2.00. The van der Waals surface area contributed by atoms with E-state index in [4.69, 9.17) is 11.6 Å². The lowest BCUT2D eigenvalue weighted by molar-refractivity contribution is 0.0971. The molecular formula is C11H8ClNO2S. The Balaban J connectivity index is 2.18. The van der Waals surface area contributed by atoms with Crippen LogP contribution in [0, 0.1) is 0 Å². The molecule has 0 bridgehead atoms. The maximum Gasteiger partial charge on any atom is 0.307 e. The summed E-state index contributed by atoms with van der Waals surface area (Å²) in [5.41, 5.74) is 0.558. The zero-order valence-corrected chi connectivity index (χ0v) is 9.79. The van der Waals surface area contributed by atoms with E-state index in [-0.39, 0.29) is 17.2 Å². The third-order valence-corrected chi connectivity index (χ3v) is 3.07. The molecule has 1 heterocycles. The molecule has 5 heteroatoms. The summed E-state index contributed by atoms with van der Waals surface area (Å²) in [6.45, 7) is 0.0734. The first-order valence-corrected chi connectivity index (χ1v) is 5.85. The van der Waals surface area contributed by atoms with E-state index in [1.54, 1.807) is 35.8 Å². The number of benzene rings is 1. The summed E-state index contributed by atoms with van der Waals surface area (Å²) in [4.78, 5) is 22.9. The fourth-order valence-electron chi connectivity index (χ4n) is 1.29. The molecule has 0 unspecified atom stereocenters. The van der Waals surface area contributed by atoms with Gasteiger partial charge in [0.15, 0.2) is 5.78 Å². The maximum atomic E-state index is 11.8. The van der Waals surface area contributed by atoms with Gasteiger partial charge in [-0.1, -0.05) is 22.9 Å². The standard InChI is InChI=1S/C11H8ClNO2S/c12-9-3-1-8(2-4-9)10(14)7-13-5-6-16-11(13)15/h1-6H,7H2.